The van der Waals surface area contributed by atoms with Crippen molar-refractivity contribution in [2.45, 2.75) is 11.5 Å². The Hall–Kier alpha value is -2.99. The standard InChI is InChI=1S/C20H21N3O6S2/c1-23(28-3)31(25,26)17-7-5-15(6-8-17)22-20(24)14-4-9-18(19(10-14)27-2)29-11-16-12-30-13-21-16/h4-10,12-13H,11H2,1-3H3,(H,22,24). The molecule has 1 heterocycles. The second-order valence-corrected chi connectivity index (χ2v) is 8.86. The highest BCUT2D eigenvalue weighted by Crippen LogP contribution is 2.29. The van der Waals surface area contributed by atoms with Crippen LogP contribution in [0.2, 0.25) is 0 Å². The van der Waals surface area contributed by atoms with Crippen molar-refractivity contribution in [3.8, 4) is 11.5 Å². The lowest BCUT2D eigenvalue weighted by atomic mass is 10.2. The molecule has 0 radical (unpaired) electrons. The number of rotatable bonds is 9. The second-order valence-electron chi connectivity index (χ2n) is 6.21. The van der Waals surface area contributed by atoms with Gasteiger partial charge in [-0.05, 0) is 42.5 Å². The molecule has 0 saturated heterocycles. The van der Waals surface area contributed by atoms with Gasteiger partial charge in [-0.25, -0.2) is 13.4 Å². The number of ether oxygens (including phenoxy) is 2. The molecular formula is C20H21N3O6S2. The Bertz CT molecular complexity index is 1130. The van der Waals surface area contributed by atoms with Crippen molar-refractivity contribution in [3.05, 3.63) is 64.6 Å². The lowest BCUT2D eigenvalue weighted by molar-refractivity contribution is -0.0258. The minimum atomic E-state index is -3.76. The third kappa shape index (κ3) is 5.39. The number of sulfonamides is 1. The number of thiazole rings is 1. The van der Waals surface area contributed by atoms with E-state index in [4.69, 9.17) is 14.3 Å². The molecule has 164 valence electrons. The molecule has 0 saturated carbocycles. The van der Waals surface area contributed by atoms with Crippen molar-refractivity contribution in [1.82, 2.24) is 9.45 Å². The monoisotopic (exact) mass is 463 g/mol. The number of methoxy groups -OCH3 is 1. The van der Waals surface area contributed by atoms with E-state index in [9.17, 15) is 13.2 Å². The first kappa shape index (κ1) is 22.7. The molecular weight excluding hydrogens is 442 g/mol. The van der Waals surface area contributed by atoms with E-state index >= 15 is 0 Å². The molecule has 0 unspecified atom stereocenters. The second kappa shape index (κ2) is 9.88. The minimum absolute atomic E-state index is 0.0399. The molecule has 0 aliphatic carbocycles. The summed E-state index contributed by atoms with van der Waals surface area (Å²) < 4.78 is 36.3. The van der Waals surface area contributed by atoms with E-state index < -0.39 is 10.0 Å². The molecule has 1 amide bonds. The normalized spacial score (nSPS) is 11.4. The minimum Gasteiger partial charge on any atom is -0.493 e. The Labute approximate surface area is 184 Å². The maximum absolute atomic E-state index is 12.6. The van der Waals surface area contributed by atoms with Crippen LogP contribution in [0.3, 0.4) is 0 Å². The predicted molar refractivity (Wildman–Crippen MR) is 116 cm³/mol. The number of hydroxylamine groups is 1. The topological polar surface area (TPSA) is 107 Å². The van der Waals surface area contributed by atoms with Crippen molar-refractivity contribution in [3.63, 3.8) is 0 Å². The molecule has 1 N–H and O–H groups in total. The summed E-state index contributed by atoms with van der Waals surface area (Å²) >= 11 is 1.48. The molecule has 0 spiro atoms. The SMILES string of the molecule is COc1cc(C(=O)Nc2ccc(S(=O)(=O)N(C)OC)cc2)ccc1OCc1cscn1. The van der Waals surface area contributed by atoms with Gasteiger partial charge in [0.1, 0.15) is 6.61 Å². The summed E-state index contributed by atoms with van der Waals surface area (Å²) in [5.41, 5.74) is 3.32. The molecule has 0 aliphatic rings. The molecule has 0 fully saturated rings. The molecule has 3 aromatic rings. The number of carbonyl (C=O) groups is 1. The predicted octanol–water partition coefficient (Wildman–Crippen LogP) is 3.16. The molecule has 0 aliphatic heterocycles. The van der Waals surface area contributed by atoms with Crippen LogP contribution < -0.4 is 14.8 Å². The average Bonchev–Trinajstić information content (AvgIpc) is 3.31. The molecule has 3 rings (SSSR count). The number of nitrogens with one attached hydrogen (secondary N) is 1. The van der Waals surface area contributed by atoms with Crippen molar-refractivity contribution < 1.29 is 27.5 Å². The van der Waals surface area contributed by atoms with Gasteiger partial charge in [0.05, 0.1) is 30.3 Å². The fourth-order valence-electron chi connectivity index (χ4n) is 2.55. The van der Waals surface area contributed by atoms with E-state index in [-0.39, 0.29) is 10.8 Å². The third-order valence-corrected chi connectivity index (χ3v) is 6.62. The first-order chi connectivity index (χ1) is 14.8. The molecule has 0 bridgehead atoms. The summed E-state index contributed by atoms with van der Waals surface area (Å²) in [6.07, 6.45) is 0. The van der Waals surface area contributed by atoms with Gasteiger partial charge in [0, 0.05) is 23.7 Å². The Morgan fingerprint density at radius 2 is 1.87 bits per heavy atom. The number of anilines is 1. The Morgan fingerprint density at radius 3 is 2.48 bits per heavy atom. The van der Waals surface area contributed by atoms with Crippen LogP contribution in [0, 0.1) is 0 Å². The summed E-state index contributed by atoms with van der Waals surface area (Å²) in [7, 11) is 0.285. The smallest absolute Gasteiger partial charge is 0.264 e. The fraction of sp³-hybridized carbons (Fsp3) is 0.200. The largest absolute Gasteiger partial charge is 0.493 e. The summed E-state index contributed by atoms with van der Waals surface area (Å²) in [6, 6.07) is 10.6. The van der Waals surface area contributed by atoms with Gasteiger partial charge >= 0.3 is 0 Å². The van der Waals surface area contributed by atoms with Crippen LogP contribution in [0.1, 0.15) is 16.1 Å². The summed E-state index contributed by atoms with van der Waals surface area (Å²) in [5.74, 6) is 0.518. The fourth-order valence-corrected chi connectivity index (χ4v) is 4.06. The molecule has 31 heavy (non-hydrogen) atoms. The van der Waals surface area contributed by atoms with Crippen molar-refractivity contribution in [1.29, 1.82) is 0 Å². The molecule has 0 atom stereocenters. The lowest BCUT2D eigenvalue weighted by Crippen LogP contribution is -2.25. The molecule has 2 aromatic carbocycles. The van der Waals surface area contributed by atoms with Crippen LogP contribution in [0.4, 0.5) is 5.69 Å². The summed E-state index contributed by atoms with van der Waals surface area (Å²) in [6.45, 7) is 0.291. The number of aromatic nitrogens is 1. The maximum Gasteiger partial charge on any atom is 0.264 e. The highest BCUT2D eigenvalue weighted by molar-refractivity contribution is 7.89. The zero-order chi connectivity index (χ0) is 22.4. The van der Waals surface area contributed by atoms with Crippen LogP contribution >= 0.6 is 11.3 Å². The number of nitrogens with zero attached hydrogens (tertiary/aromatic N) is 2. The first-order valence-electron chi connectivity index (χ1n) is 8.97. The third-order valence-electron chi connectivity index (χ3n) is 4.29. The number of benzene rings is 2. The summed E-state index contributed by atoms with van der Waals surface area (Å²) in [5, 5.41) is 4.61. The van der Waals surface area contributed by atoms with Crippen LogP contribution in [0.5, 0.6) is 11.5 Å². The van der Waals surface area contributed by atoms with E-state index in [1.807, 2.05) is 5.38 Å². The number of carbonyl (C=O) groups excluding carboxylic acids is 1. The molecule has 1 aromatic heterocycles. The van der Waals surface area contributed by atoms with Gasteiger partial charge in [0.2, 0.25) is 0 Å². The van der Waals surface area contributed by atoms with Gasteiger partial charge in [-0.1, -0.05) is 4.47 Å². The van der Waals surface area contributed by atoms with Crippen LogP contribution in [-0.2, 0) is 21.5 Å². The number of amides is 1. The van der Waals surface area contributed by atoms with Gasteiger partial charge in [0.25, 0.3) is 15.9 Å². The number of hydrogen-bond acceptors (Lipinski definition) is 8. The van der Waals surface area contributed by atoms with Gasteiger partial charge < -0.3 is 14.8 Å². The summed E-state index contributed by atoms with van der Waals surface area (Å²) in [4.78, 5) is 21.6. The van der Waals surface area contributed by atoms with Crippen molar-refractivity contribution in [2.24, 2.45) is 0 Å². The van der Waals surface area contributed by atoms with Gasteiger partial charge in [0.15, 0.2) is 11.5 Å². The van der Waals surface area contributed by atoms with Gasteiger partial charge in [-0.3, -0.25) is 9.63 Å². The molecule has 11 heteroatoms. The zero-order valence-electron chi connectivity index (χ0n) is 17.1. The van der Waals surface area contributed by atoms with E-state index in [0.29, 0.717) is 29.4 Å². The van der Waals surface area contributed by atoms with E-state index in [0.717, 1.165) is 10.2 Å². The molecule has 9 nitrogen and oxygen atoms in total. The van der Waals surface area contributed by atoms with E-state index in [1.165, 1.54) is 56.9 Å². The van der Waals surface area contributed by atoms with Gasteiger partial charge in [-0.15, -0.1) is 11.3 Å². The average molecular weight is 464 g/mol. The van der Waals surface area contributed by atoms with E-state index in [1.54, 1.807) is 23.7 Å². The number of hydrogen-bond donors (Lipinski definition) is 1. The van der Waals surface area contributed by atoms with Crippen molar-refractivity contribution >= 4 is 33.0 Å². The zero-order valence-corrected chi connectivity index (χ0v) is 18.7. The Kier molecular flexibility index (Phi) is 7.23. The quantitative estimate of drug-likeness (QED) is 0.486. The van der Waals surface area contributed by atoms with Gasteiger partial charge in [-0.2, -0.15) is 0 Å². The Balaban J connectivity index is 1.70. The van der Waals surface area contributed by atoms with Crippen molar-refractivity contribution in [2.75, 3.05) is 26.6 Å². The lowest BCUT2D eigenvalue weighted by Gasteiger charge is -2.14. The van der Waals surface area contributed by atoms with Crippen LogP contribution in [0.15, 0.2) is 58.3 Å². The highest BCUT2D eigenvalue weighted by atomic mass is 32.2. The Morgan fingerprint density at radius 1 is 1.13 bits per heavy atom. The highest BCUT2D eigenvalue weighted by Gasteiger charge is 2.20. The van der Waals surface area contributed by atoms with E-state index in [2.05, 4.69) is 10.3 Å². The van der Waals surface area contributed by atoms with Crippen LogP contribution in [-0.4, -0.2) is 45.0 Å². The van der Waals surface area contributed by atoms with Crippen LogP contribution in [0.25, 0.3) is 0 Å². The maximum atomic E-state index is 12.6. The first-order valence-corrected chi connectivity index (χ1v) is 11.4.